The highest BCUT2D eigenvalue weighted by atomic mass is 16.6. The summed E-state index contributed by atoms with van der Waals surface area (Å²) in [6.07, 6.45) is -1.32. The van der Waals surface area contributed by atoms with Gasteiger partial charge in [0.25, 0.3) is 5.69 Å². The number of benzene rings is 1. The van der Waals surface area contributed by atoms with Gasteiger partial charge in [-0.3, -0.25) is 10.1 Å². The minimum atomic E-state index is -1.32. The summed E-state index contributed by atoms with van der Waals surface area (Å²) in [4.78, 5) is 21.4. The Kier molecular flexibility index (Phi) is 4.56. The van der Waals surface area contributed by atoms with Crippen molar-refractivity contribution in [2.45, 2.75) is 13.0 Å². The normalized spacial score (nSPS) is 11.7. The van der Waals surface area contributed by atoms with Gasteiger partial charge < -0.3 is 9.84 Å². The van der Waals surface area contributed by atoms with Gasteiger partial charge in [-0.05, 0) is 12.5 Å². The smallest absolute Gasteiger partial charge is 0.336 e. The maximum atomic E-state index is 11.4. The van der Waals surface area contributed by atoms with Crippen LogP contribution in [0.15, 0.2) is 36.4 Å². The van der Waals surface area contributed by atoms with Crippen LogP contribution in [0.2, 0.25) is 0 Å². The Morgan fingerprint density at radius 3 is 2.83 bits per heavy atom. The first-order chi connectivity index (χ1) is 8.47. The van der Waals surface area contributed by atoms with E-state index in [4.69, 9.17) is 4.74 Å². The summed E-state index contributed by atoms with van der Waals surface area (Å²) in [6.45, 7) is 5.23. The monoisotopic (exact) mass is 251 g/mol. The molecule has 0 saturated carbocycles. The molecule has 6 heteroatoms. The van der Waals surface area contributed by atoms with Crippen molar-refractivity contribution in [3.63, 3.8) is 0 Å². The van der Waals surface area contributed by atoms with Gasteiger partial charge in [-0.2, -0.15) is 0 Å². The van der Waals surface area contributed by atoms with Gasteiger partial charge in [0.05, 0.1) is 17.1 Å². The molecule has 0 amide bonds. The zero-order valence-electron chi connectivity index (χ0n) is 9.83. The molecule has 0 unspecified atom stereocenters. The van der Waals surface area contributed by atoms with E-state index in [0.29, 0.717) is 0 Å². The van der Waals surface area contributed by atoms with Crippen LogP contribution in [0.4, 0.5) is 5.69 Å². The van der Waals surface area contributed by atoms with Crippen molar-refractivity contribution in [2.75, 3.05) is 6.61 Å². The number of hydrogen-bond acceptors (Lipinski definition) is 5. The first-order valence-corrected chi connectivity index (χ1v) is 5.25. The largest absolute Gasteiger partial charge is 0.463 e. The van der Waals surface area contributed by atoms with Gasteiger partial charge in [-0.1, -0.05) is 18.7 Å². The quantitative estimate of drug-likeness (QED) is 0.372. The van der Waals surface area contributed by atoms with Crippen LogP contribution in [0.25, 0.3) is 0 Å². The van der Waals surface area contributed by atoms with E-state index in [1.807, 2.05) is 0 Å². The first-order valence-electron chi connectivity index (χ1n) is 5.25. The average molecular weight is 251 g/mol. The third-order valence-electron chi connectivity index (χ3n) is 2.26. The van der Waals surface area contributed by atoms with Crippen LogP contribution in [0.3, 0.4) is 0 Å². The second kappa shape index (κ2) is 5.92. The van der Waals surface area contributed by atoms with Gasteiger partial charge in [0.2, 0.25) is 0 Å². The second-order valence-electron chi connectivity index (χ2n) is 3.50. The summed E-state index contributed by atoms with van der Waals surface area (Å²) in [7, 11) is 0. The molecule has 0 radical (unpaired) electrons. The van der Waals surface area contributed by atoms with E-state index >= 15 is 0 Å². The minimum absolute atomic E-state index is 0.155. The van der Waals surface area contributed by atoms with Crippen molar-refractivity contribution >= 4 is 11.7 Å². The molecule has 1 aromatic carbocycles. The summed E-state index contributed by atoms with van der Waals surface area (Å²) in [6, 6.07) is 5.38. The Morgan fingerprint density at radius 2 is 2.28 bits per heavy atom. The maximum absolute atomic E-state index is 11.4. The molecule has 0 heterocycles. The van der Waals surface area contributed by atoms with Crippen LogP contribution < -0.4 is 0 Å². The number of rotatable bonds is 5. The molecule has 18 heavy (non-hydrogen) atoms. The van der Waals surface area contributed by atoms with E-state index in [9.17, 15) is 20.0 Å². The topological polar surface area (TPSA) is 89.7 Å². The summed E-state index contributed by atoms with van der Waals surface area (Å²) >= 11 is 0. The molecule has 0 aliphatic rings. The van der Waals surface area contributed by atoms with Crippen LogP contribution in [0, 0.1) is 10.1 Å². The van der Waals surface area contributed by atoms with Crippen molar-refractivity contribution in [1.82, 2.24) is 0 Å². The number of carbonyl (C=O) groups excluding carboxylic acids is 1. The Labute approximate surface area is 104 Å². The number of nitro groups is 1. The molecule has 1 aromatic rings. The average Bonchev–Trinajstić information content (AvgIpc) is 2.37. The lowest BCUT2D eigenvalue weighted by Crippen LogP contribution is -2.13. The van der Waals surface area contributed by atoms with E-state index < -0.39 is 17.0 Å². The fourth-order valence-electron chi connectivity index (χ4n) is 1.35. The number of nitrogens with zero attached hydrogens (tertiary/aromatic N) is 1. The highest BCUT2D eigenvalue weighted by molar-refractivity contribution is 5.89. The number of carbonyl (C=O) groups is 1. The molecule has 1 N–H and O–H groups in total. The van der Waals surface area contributed by atoms with Crippen molar-refractivity contribution in [2.24, 2.45) is 0 Å². The number of aliphatic hydroxyl groups is 1. The van der Waals surface area contributed by atoms with Crippen LogP contribution >= 0.6 is 0 Å². The number of ether oxygens (including phenoxy) is 1. The predicted octanol–water partition coefficient (Wildman–Crippen LogP) is 1.75. The Morgan fingerprint density at radius 1 is 1.61 bits per heavy atom. The molecule has 0 fully saturated rings. The van der Waals surface area contributed by atoms with Gasteiger partial charge in [-0.25, -0.2) is 4.79 Å². The second-order valence-corrected chi connectivity index (χ2v) is 3.50. The van der Waals surface area contributed by atoms with E-state index in [1.54, 1.807) is 6.92 Å². The van der Waals surface area contributed by atoms with Crippen LogP contribution in [-0.2, 0) is 9.53 Å². The van der Waals surface area contributed by atoms with E-state index in [2.05, 4.69) is 6.58 Å². The molecular formula is C12H13NO5. The van der Waals surface area contributed by atoms with Gasteiger partial charge >= 0.3 is 5.97 Å². The molecule has 96 valence electrons. The predicted molar refractivity (Wildman–Crippen MR) is 63.8 cm³/mol. The van der Waals surface area contributed by atoms with Crippen molar-refractivity contribution < 1.29 is 19.6 Å². The van der Waals surface area contributed by atoms with Gasteiger partial charge in [-0.15, -0.1) is 0 Å². The lowest BCUT2D eigenvalue weighted by molar-refractivity contribution is -0.385. The SMILES string of the molecule is C=C(C(=O)OCC)[C@H](O)c1cccc([N+](=O)[O-])c1. The highest BCUT2D eigenvalue weighted by Gasteiger charge is 2.21. The van der Waals surface area contributed by atoms with Gasteiger partial charge in [0.15, 0.2) is 0 Å². The highest BCUT2D eigenvalue weighted by Crippen LogP contribution is 2.24. The number of hydrogen-bond donors (Lipinski definition) is 1. The molecular weight excluding hydrogens is 238 g/mol. The summed E-state index contributed by atoms with van der Waals surface area (Å²) in [5.41, 5.74) is -0.0946. The number of aliphatic hydroxyl groups excluding tert-OH is 1. The van der Waals surface area contributed by atoms with Gasteiger partial charge in [0.1, 0.15) is 6.10 Å². The van der Waals surface area contributed by atoms with Crippen LogP contribution in [0.1, 0.15) is 18.6 Å². The van der Waals surface area contributed by atoms with E-state index in [1.165, 1.54) is 24.3 Å². The molecule has 0 aliphatic heterocycles. The van der Waals surface area contributed by atoms with Crippen LogP contribution in [-0.4, -0.2) is 22.6 Å². The molecule has 0 bridgehead atoms. The standard InChI is InChI=1S/C12H13NO5/c1-3-18-12(15)8(2)11(14)9-5-4-6-10(7-9)13(16)17/h4-7,11,14H,2-3H2,1H3/t11-/m0/s1. The van der Waals surface area contributed by atoms with E-state index in [0.717, 1.165) is 0 Å². The number of non-ortho nitro benzene ring substituents is 1. The fraction of sp³-hybridized carbons (Fsp3) is 0.250. The summed E-state index contributed by atoms with van der Waals surface area (Å²) < 4.78 is 4.69. The Balaban J connectivity index is 2.93. The fourth-order valence-corrected chi connectivity index (χ4v) is 1.35. The molecule has 0 aromatic heterocycles. The molecule has 1 atom stereocenters. The lowest BCUT2D eigenvalue weighted by Gasteiger charge is -2.12. The zero-order valence-corrected chi connectivity index (χ0v) is 9.83. The zero-order chi connectivity index (χ0) is 13.7. The summed E-state index contributed by atoms with van der Waals surface area (Å²) in [5.74, 6) is -0.725. The minimum Gasteiger partial charge on any atom is -0.463 e. The third kappa shape index (κ3) is 3.14. The molecule has 0 aliphatic carbocycles. The number of nitro benzene ring substituents is 1. The van der Waals surface area contributed by atoms with Crippen LogP contribution in [0.5, 0.6) is 0 Å². The van der Waals surface area contributed by atoms with E-state index in [-0.39, 0.29) is 23.4 Å². The number of esters is 1. The van der Waals surface area contributed by atoms with Crippen molar-refractivity contribution in [1.29, 1.82) is 0 Å². The Hall–Kier alpha value is -2.21. The maximum Gasteiger partial charge on any atom is 0.336 e. The molecule has 0 spiro atoms. The van der Waals surface area contributed by atoms with Crippen molar-refractivity contribution in [3.05, 3.63) is 52.1 Å². The molecule has 6 nitrogen and oxygen atoms in total. The summed E-state index contributed by atoms with van der Waals surface area (Å²) in [5, 5.41) is 20.5. The molecule has 0 saturated heterocycles. The third-order valence-corrected chi connectivity index (χ3v) is 2.26. The van der Waals surface area contributed by atoms with Crippen molar-refractivity contribution in [3.8, 4) is 0 Å². The molecule has 1 rings (SSSR count). The first kappa shape index (κ1) is 13.9. The Bertz CT molecular complexity index is 483. The van der Waals surface area contributed by atoms with Gasteiger partial charge in [0, 0.05) is 12.1 Å². The lowest BCUT2D eigenvalue weighted by atomic mass is 10.0.